The lowest BCUT2D eigenvalue weighted by Crippen LogP contribution is -2.47. The van der Waals surface area contributed by atoms with E-state index in [1.807, 2.05) is 37.3 Å². The molecular weight excluding hydrogens is 394 g/mol. The van der Waals surface area contributed by atoms with Crippen molar-refractivity contribution >= 4 is 23.4 Å². The smallest absolute Gasteiger partial charge is 0.234 e. The number of para-hydroxylation sites is 1. The zero-order chi connectivity index (χ0) is 22.5. The quantitative estimate of drug-likeness (QED) is 0.560. The lowest BCUT2D eigenvalue weighted by atomic mass is 10.0. The summed E-state index contributed by atoms with van der Waals surface area (Å²) < 4.78 is 0. The van der Waals surface area contributed by atoms with Gasteiger partial charge in [-0.3, -0.25) is 19.3 Å². The van der Waals surface area contributed by atoms with Gasteiger partial charge in [0.2, 0.25) is 17.7 Å². The van der Waals surface area contributed by atoms with E-state index in [0.717, 1.165) is 38.0 Å². The molecule has 8 nitrogen and oxygen atoms in total. The molecule has 0 atom stereocenters. The molecule has 0 saturated carbocycles. The average Bonchev–Trinajstić information content (AvgIpc) is 2.78. The highest BCUT2D eigenvalue weighted by Crippen LogP contribution is 2.16. The van der Waals surface area contributed by atoms with Crippen molar-refractivity contribution in [1.29, 1.82) is 5.26 Å². The number of likely N-dealkylation sites (tertiary alicyclic amines) is 1. The summed E-state index contributed by atoms with van der Waals surface area (Å²) >= 11 is 0. The van der Waals surface area contributed by atoms with Crippen LogP contribution in [0, 0.1) is 11.3 Å². The number of rotatable bonds is 11. The second-order valence-electron chi connectivity index (χ2n) is 7.76. The zero-order valence-electron chi connectivity index (χ0n) is 18.3. The van der Waals surface area contributed by atoms with Gasteiger partial charge in [0.05, 0.1) is 19.0 Å². The lowest BCUT2D eigenvalue weighted by molar-refractivity contribution is -0.126. The molecule has 1 aliphatic rings. The van der Waals surface area contributed by atoms with E-state index >= 15 is 0 Å². The number of nitriles is 1. The van der Waals surface area contributed by atoms with E-state index < -0.39 is 0 Å². The number of hydrogen-bond acceptors (Lipinski definition) is 5. The van der Waals surface area contributed by atoms with Gasteiger partial charge < -0.3 is 15.5 Å². The van der Waals surface area contributed by atoms with Crippen LogP contribution in [0.2, 0.25) is 0 Å². The van der Waals surface area contributed by atoms with E-state index in [-0.39, 0.29) is 43.0 Å². The fourth-order valence-corrected chi connectivity index (χ4v) is 3.58. The van der Waals surface area contributed by atoms with E-state index in [4.69, 9.17) is 5.26 Å². The molecule has 0 aromatic heterocycles. The van der Waals surface area contributed by atoms with E-state index in [1.54, 1.807) is 4.90 Å². The van der Waals surface area contributed by atoms with Gasteiger partial charge in [-0.15, -0.1) is 0 Å². The molecule has 0 spiro atoms. The number of carbonyl (C=O) groups is 3. The Kier molecular flexibility index (Phi) is 10.5. The van der Waals surface area contributed by atoms with Gasteiger partial charge in [0.1, 0.15) is 0 Å². The maximum atomic E-state index is 12.7. The van der Waals surface area contributed by atoms with Crippen LogP contribution < -0.4 is 15.5 Å². The van der Waals surface area contributed by atoms with Crippen LogP contribution in [0.5, 0.6) is 0 Å². The first-order valence-corrected chi connectivity index (χ1v) is 11.0. The van der Waals surface area contributed by atoms with Crippen LogP contribution in [0.15, 0.2) is 30.3 Å². The van der Waals surface area contributed by atoms with Crippen molar-refractivity contribution in [3.05, 3.63) is 30.3 Å². The Bertz CT molecular complexity index is 754. The van der Waals surface area contributed by atoms with Crippen molar-refractivity contribution < 1.29 is 14.4 Å². The summed E-state index contributed by atoms with van der Waals surface area (Å²) in [6.07, 6.45) is 2.96. The number of nitrogens with zero attached hydrogens (tertiary/aromatic N) is 3. The molecule has 0 radical (unpaired) electrons. The van der Waals surface area contributed by atoms with Crippen molar-refractivity contribution in [2.24, 2.45) is 0 Å². The van der Waals surface area contributed by atoms with Gasteiger partial charge in [-0.2, -0.15) is 5.26 Å². The largest absolute Gasteiger partial charge is 0.355 e. The lowest BCUT2D eigenvalue weighted by Gasteiger charge is -2.31. The Labute approximate surface area is 184 Å². The molecule has 0 unspecified atom stereocenters. The van der Waals surface area contributed by atoms with Gasteiger partial charge >= 0.3 is 0 Å². The standard InChI is InChI=1S/C23H33N5O3/c1-2-14-25-22(30)18-27-16-11-19(12-17-27)26-21(29)9-10-23(31)28(15-6-13-24)20-7-4-3-5-8-20/h3-5,7-8,19H,2,6,9-12,14-18H2,1H3,(H,25,30)(H,26,29). The summed E-state index contributed by atoms with van der Waals surface area (Å²) in [6, 6.07) is 11.3. The minimum absolute atomic E-state index is 0.0437. The van der Waals surface area contributed by atoms with Crippen LogP contribution in [0.1, 0.15) is 45.4 Å². The number of anilines is 1. The Hall–Kier alpha value is -2.92. The van der Waals surface area contributed by atoms with Crippen LogP contribution in [0.25, 0.3) is 0 Å². The summed E-state index contributed by atoms with van der Waals surface area (Å²) in [5.74, 6) is -0.257. The fraction of sp³-hybridized carbons (Fsp3) is 0.565. The highest BCUT2D eigenvalue weighted by molar-refractivity contribution is 5.95. The van der Waals surface area contributed by atoms with Crippen LogP contribution >= 0.6 is 0 Å². The molecule has 1 aliphatic heterocycles. The molecule has 0 aliphatic carbocycles. The molecule has 168 valence electrons. The monoisotopic (exact) mass is 427 g/mol. The van der Waals surface area contributed by atoms with Gasteiger partial charge in [0.25, 0.3) is 0 Å². The topological polar surface area (TPSA) is 106 Å². The van der Waals surface area contributed by atoms with E-state index in [1.165, 1.54) is 0 Å². The number of amides is 3. The summed E-state index contributed by atoms with van der Waals surface area (Å²) in [6.45, 7) is 4.95. The summed E-state index contributed by atoms with van der Waals surface area (Å²) in [5.41, 5.74) is 0.735. The van der Waals surface area contributed by atoms with Crippen molar-refractivity contribution in [1.82, 2.24) is 15.5 Å². The normalized spacial score (nSPS) is 14.5. The SMILES string of the molecule is CCCNC(=O)CN1CCC(NC(=O)CCC(=O)N(CCC#N)c2ccccc2)CC1. The van der Waals surface area contributed by atoms with Crippen molar-refractivity contribution in [2.45, 2.75) is 51.5 Å². The molecule has 2 rings (SSSR count). The number of nitrogens with one attached hydrogen (secondary N) is 2. The molecule has 1 saturated heterocycles. The predicted octanol–water partition coefficient (Wildman–Crippen LogP) is 1.82. The molecule has 8 heteroatoms. The third kappa shape index (κ3) is 8.77. The van der Waals surface area contributed by atoms with Crippen LogP contribution in [0.4, 0.5) is 5.69 Å². The van der Waals surface area contributed by atoms with Crippen molar-refractivity contribution in [3.8, 4) is 6.07 Å². The van der Waals surface area contributed by atoms with Gasteiger partial charge in [0, 0.05) is 50.7 Å². The fourth-order valence-electron chi connectivity index (χ4n) is 3.58. The van der Waals surface area contributed by atoms with E-state index in [0.29, 0.717) is 19.6 Å². The highest BCUT2D eigenvalue weighted by Gasteiger charge is 2.23. The zero-order valence-corrected chi connectivity index (χ0v) is 18.3. The van der Waals surface area contributed by atoms with Crippen molar-refractivity contribution in [3.63, 3.8) is 0 Å². The first-order chi connectivity index (χ1) is 15.0. The minimum atomic E-state index is -0.162. The first kappa shape index (κ1) is 24.4. The van der Waals surface area contributed by atoms with Crippen molar-refractivity contribution in [2.75, 3.05) is 37.6 Å². The second-order valence-corrected chi connectivity index (χ2v) is 7.76. The maximum absolute atomic E-state index is 12.7. The summed E-state index contributed by atoms with van der Waals surface area (Å²) in [7, 11) is 0. The molecule has 3 amide bonds. The van der Waals surface area contributed by atoms with Gasteiger partial charge in [-0.1, -0.05) is 25.1 Å². The Morgan fingerprint density at radius 3 is 2.48 bits per heavy atom. The Balaban J connectivity index is 1.73. The number of carbonyl (C=O) groups excluding carboxylic acids is 3. The molecule has 0 bridgehead atoms. The Morgan fingerprint density at radius 2 is 1.84 bits per heavy atom. The van der Waals surface area contributed by atoms with Gasteiger partial charge in [-0.25, -0.2) is 0 Å². The molecule has 1 fully saturated rings. The number of hydrogen-bond donors (Lipinski definition) is 2. The predicted molar refractivity (Wildman–Crippen MR) is 119 cm³/mol. The number of benzene rings is 1. The van der Waals surface area contributed by atoms with Crippen LogP contribution in [-0.4, -0.2) is 61.4 Å². The van der Waals surface area contributed by atoms with Gasteiger partial charge in [0.15, 0.2) is 0 Å². The summed E-state index contributed by atoms with van der Waals surface area (Å²) in [4.78, 5) is 40.5. The van der Waals surface area contributed by atoms with E-state index in [2.05, 4.69) is 21.6 Å². The third-order valence-electron chi connectivity index (χ3n) is 5.27. The minimum Gasteiger partial charge on any atom is -0.355 e. The molecule has 31 heavy (non-hydrogen) atoms. The number of piperidine rings is 1. The molecule has 1 aromatic rings. The van der Waals surface area contributed by atoms with E-state index in [9.17, 15) is 14.4 Å². The first-order valence-electron chi connectivity index (χ1n) is 11.0. The molecule has 1 aromatic carbocycles. The maximum Gasteiger partial charge on any atom is 0.234 e. The van der Waals surface area contributed by atoms with Gasteiger partial charge in [-0.05, 0) is 31.4 Å². The third-order valence-corrected chi connectivity index (χ3v) is 5.27. The second kappa shape index (κ2) is 13.4. The van der Waals surface area contributed by atoms with Crippen LogP contribution in [-0.2, 0) is 14.4 Å². The highest BCUT2D eigenvalue weighted by atomic mass is 16.2. The summed E-state index contributed by atoms with van der Waals surface area (Å²) in [5, 5.41) is 14.8. The molecule has 2 N–H and O–H groups in total. The molecular formula is C23H33N5O3. The molecule has 1 heterocycles. The Morgan fingerprint density at radius 1 is 1.13 bits per heavy atom. The van der Waals surface area contributed by atoms with Crippen LogP contribution in [0.3, 0.4) is 0 Å². The average molecular weight is 428 g/mol.